The molecule has 0 aliphatic carbocycles. The molecule has 0 aliphatic heterocycles. The van der Waals surface area contributed by atoms with Crippen molar-refractivity contribution in [1.29, 1.82) is 0 Å². The summed E-state index contributed by atoms with van der Waals surface area (Å²) in [6.45, 7) is 0. The number of amides is 1. The maximum atomic E-state index is 12.1. The Morgan fingerprint density at radius 2 is 1.70 bits per heavy atom. The zero-order valence-electron chi connectivity index (χ0n) is 15.4. The lowest BCUT2D eigenvalue weighted by Gasteiger charge is -2.04. The van der Waals surface area contributed by atoms with Crippen LogP contribution >= 0.6 is 0 Å². The zero-order chi connectivity index (χ0) is 21.5. The lowest BCUT2D eigenvalue weighted by molar-refractivity contribution is -0.384. The molecule has 3 aromatic carbocycles. The van der Waals surface area contributed by atoms with Crippen LogP contribution in [-0.4, -0.2) is 28.1 Å². The highest BCUT2D eigenvalue weighted by Gasteiger charge is 2.13. The number of nitro benzene ring substituents is 1. The zero-order valence-corrected chi connectivity index (χ0v) is 15.4. The molecule has 2 N–H and O–H groups in total. The fourth-order valence-corrected chi connectivity index (χ4v) is 2.38. The molecule has 0 bridgehead atoms. The first-order chi connectivity index (χ1) is 14.4. The summed E-state index contributed by atoms with van der Waals surface area (Å²) in [6, 6.07) is 17.3. The predicted molar refractivity (Wildman–Crippen MR) is 108 cm³/mol. The number of hydrogen-bond donors (Lipinski definition) is 2. The number of hydrogen-bond acceptors (Lipinski definition) is 7. The fourth-order valence-electron chi connectivity index (χ4n) is 2.38. The van der Waals surface area contributed by atoms with E-state index in [9.17, 15) is 24.8 Å². The summed E-state index contributed by atoms with van der Waals surface area (Å²) >= 11 is 0. The molecule has 0 heterocycles. The number of carbonyl (C=O) groups is 2. The first-order valence-corrected chi connectivity index (χ1v) is 8.61. The normalized spacial score (nSPS) is 10.5. The van der Waals surface area contributed by atoms with E-state index in [2.05, 4.69) is 10.5 Å². The van der Waals surface area contributed by atoms with Crippen LogP contribution in [0.25, 0.3) is 0 Å². The fraction of sp³-hybridized carbons (Fsp3) is 0. The van der Waals surface area contributed by atoms with Gasteiger partial charge in [-0.15, -0.1) is 0 Å². The topological polar surface area (TPSA) is 131 Å². The Balaban J connectivity index is 1.58. The maximum Gasteiger partial charge on any atom is 0.343 e. The summed E-state index contributed by atoms with van der Waals surface area (Å²) < 4.78 is 5.20. The van der Waals surface area contributed by atoms with Crippen molar-refractivity contribution in [2.45, 2.75) is 0 Å². The molecule has 9 nitrogen and oxygen atoms in total. The lowest BCUT2D eigenvalue weighted by atomic mass is 10.2. The van der Waals surface area contributed by atoms with Gasteiger partial charge in [-0.05, 0) is 60.2 Å². The Labute approximate surface area is 170 Å². The van der Waals surface area contributed by atoms with Crippen LogP contribution < -0.4 is 10.2 Å². The van der Waals surface area contributed by atoms with E-state index in [0.29, 0.717) is 11.1 Å². The SMILES string of the molecule is O=C(N/N=C\c1ccc(OC(=O)c2cccc([N+](=O)[O-])c2)cc1)c1ccc(O)cc1. The van der Waals surface area contributed by atoms with Crippen LogP contribution in [0.5, 0.6) is 11.5 Å². The summed E-state index contributed by atoms with van der Waals surface area (Å²) in [5, 5.41) is 23.9. The number of aromatic hydroxyl groups is 1. The second-order valence-corrected chi connectivity index (χ2v) is 6.01. The first kappa shape index (κ1) is 20.2. The molecule has 0 saturated carbocycles. The number of carbonyl (C=O) groups excluding carboxylic acids is 2. The molecule has 0 aliphatic rings. The Morgan fingerprint density at radius 3 is 2.37 bits per heavy atom. The molecular weight excluding hydrogens is 390 g/mol. The number of esters is 1. The van der Waals surface area contributed by atoms with Gasteiger partial charge in [0.2, 0.25) is 0 Å². The van der Waals surface area contributed by atoms with Gasteiger partial charge < -0.3 is 9.84 Å². The van der Waals surface area contributed by atoms with Gasteiger partial charge in [-0.1, -0.05) is 6.07 Å². The largest absolute Gasteiger partial charge is 0.508 e. The molecule has 0 unspecified atom stereocenters. The van der Waals surface area contributed by atoms with Crippen molar-refractivity contribution >= 4 is 23.8 Å². The molecule has 30 heavy (non-hydrogen) atoms. The Morgan fingerprint density at radius 1 is 1.00 bits per heavy atom. The number of nitrogens with zero attached hydrogens (tertiary/aromatic N) is 2. The smallest absolute Gasteiger partial charge is 0.343 e. The van der Waals surface area contributed by atoms with Crippen molar-refractivity contribution < 1.29 is 24.4 Å². The molecule has 3 aromatic rings. The van der Waals surface area contributed by atoms with E-state index in [4.69, 9.17) is 4.74 Å². The Hall–Kier alpha value is -4.53. The van der Waals surface area contributed by atoms with Gasteiger partial charge in [0, 0.05) is 17.7 Å². The van der Waals surface area contributed by atoms with Gasteiger partial charge in [0.1, 0.15) is 11.5 Å². The summed E-state index contributed by atoms with van der Waals surface area (Å²) in [5.41, 5.74) is 3.19. The second kappa shape index (κ2) is 9.11. The molecule has 9 heteroatoms. The highest BCUT2D eigenvalue weighted by atomic mass is 16.6. The predicted octanol–water partition coefficient (Wildman–Crippen LogP) is 3.28. The molecule has 0 saturated heterocycles. The summed E-state index contributed by atoms with van der Waals surface area (Å²) in [5.74, 6) is -0.854. The van der Waals surface area contributed by atoms with E-state index >= 15 is 0 Å². The number of ether oxygens (including phenoxy) is 1. The van der Waals surface area contributed by atoms with Gasteiger partial charge in [-0.25, -0.2) is 10.2 Å². The van der Waals surface area contributed by atoms with Crippen LogP contribution in [0.4, 0.5) is 5.69 Å². The van der Waals surface area contributed by atoms with Crippen molar-refractivity contribution in [2.24, 2.45) is 5.10 Å². The van der Waals surface area contributed by atoms with E-state index in [1.807, 2.05) is 0 Å². The van der Waals surface area contributed by atoms with Crippen molar-refractivity contribution in [3.05, 3.63) is 99.6 Å². The molecule has 0 aromatic heterocycles. The first-order valence-electron chi connectivity index (χ1n) is 8.61. The number of phenols is 1. The molecule has 0 fully saturated rings. The molecular formula is C21H15N3O6. The summed E-state index contributed by atoms with van der Waals surface area (Å²) in [4.78, 5) is 34.3. The number of nitro groups is 1. The number of phenolic OH excluding ortho intramolecular Hbond substituents is 1. The highest BCUT2D eigenvalue weighted by Crippen LogP contribution is 2.17. The van der Waals surface area contributed by atoms with Crippen molar-refractivity contribution in [3.8, 4) is 11.5 Å². The van der Waals surface area contributed by atoms with E-state index in [0.717, 1.165) is 6.07 Å². The average molecular weight is 405 g/mol. The van der Waals surface area contributed by atoms with E-state index in [1.54, 1.807) is 12.1 Å². The van der Waals surface area contributed by atoms with Gasteiger partial charge in [-0.2, -0.15) is 5.10 Å². The van der Waals surface area contributed by atoms with Gasteiger partial charge in [0.15, 0.2) is 0 Å². The van der Waals surface area contributed by atoms with Gasteiger partial charge >= 0.3 is 5.97 Å². The monoisotopic (exact) mass is 405 g/mol. The third-order valence-electron chi connectivity index (χ3n) is 3.89. The van der Waals surface area contributed by atoms with Crippen molar-refractivity contribution in [3.63, 3.8) is 0 Å². The quantitative estimate of drug-likeness (QED) is 0.213. The minimum atomic E-state index is -0.721. The second-order valence-electron chi connectivity index (χ2n) is 6.01. The summed E-state index contributed by atoms with van der Waals surface area (Å²) in [6.07, 6.45) is 1.41. The third-order valence-corrected chi connectivity index (χ3v) is 3.89. The van der Waals surface area contributed by atoms with Gasteiger partial charge in [0.25, 0.3) is 11.6 Å². The molecule has 0 spiro atoms. The molecule has 150 valence electrons. The molecule has 1 amide bonds. The number of benzene rings is 3. The minimum absolute atomic E-state index is 0.0568. The van der Waals surface area contributed by atoms with Gasteiger partial charge in [-0.3, -0.25) is 14.9 Å². The average Bonchev–Trinajstić information content (AvgIpc) is 2.75. The number of rotatable bonds is 6. The Bertz CT molecular complexity index is 1110. The van der Waals surface area contributed by atoms with E-state index in [1.165, 1.54) is 60.8 Å². The van der Waals surface area contributed by atoms with Crippen LogP contribution in [0.3, 0.4) is 0 Å². The minimum Gasteiger partial charge on any atom is -0.508 e. The van der Waals surface area contributed by atoms with Crippen molar-refractivity contribution in [1.82, 2.24) is 5.43 Å². The maximum absolute atomic E-state index is 12.1. The van der Waals surface area contributed by atoms with Crippen LogP contribution in [0.2, 0.25) is 0 Å². The number of hydrazone groups is 1. The van der Waals surface area contributed by atoms with Gasteiger partial charge in [0.05, 0.1) is 16.7 Å². The number of nitrogens with one attached hydrogen (secondary N) is 1. The lowest BCUT2D eigenvalue weighted by Crippen LogP contribution is -2.17. The van der Waals surface area contributed by atoms with Crippen LogP contribution in [-0.2, 0) is 0 Å². The van der Waals surface area contributed by atoms with Crippen LogP contribution in [0, 0.1) is 10.1 Å². The van der Waals surface area contributed by atoms with Crippen LogP contribution in [0.1, 0.15) is 26.3 Å². The molecule has 0 radical (unpaired) electrons. The molecule has 3 rings (SSSR count). The summed E-state index contributed by atoms with van der Waals surface area (Å²) in [7, 11) is 0. The Kier molecular flexibility index (Phi) is 6.14. The standard InChI is InChI=1S/C21H15N3O6/c25-18-8-6-15(7-9-18)20(26)23-22-13-14-4-10-19(11-5-14)30-21(27)16-2-1-3-17(12-16)24(28)29/h1-13,25H,(H,23,26)/b22-13-. The van der Waals surface area contributed by atoms with E-state index in [-0.39, 0.29) is 22.7 Å². The van der Waals surface area contributed by atoms with Crippen molar-refractivity contribution in [2.75, 3.05) is 0 Å². The van der Waals surface area contributed by atoms with E-state index < -0.39 is 16.8 Å². The highest BCUT2D eigenvalue weighted by molar-refractivity contribution is 5.95. The molecule has 0 atom stereocenters. The third kappa shape index (κ3) is 5.26. The number of non-ortho nitro benzene ring substituents is 1. The van der Waals surface area contributed by atoms with Crippen LogP contribution in [0.15, 0.2) is 77.9 Å².